The van der Waals surface area contributed by atoms with Crippen molar-refractivity contribution in [2.24, 2.45) is 11.8 Å². The maximum absolute atomic E-state index is 12.8. The average Bonchev–Trinajstić information content (AvgIpc) is 2.79. The van der Waals surface area contributed by atoms with Crippen LogP contribution >= 0.6 is 0 Å². The van der Waals surface area contributed by atoms with E-state index in [2.05, 4.69) is 5.32 Å². The maximum atomic E-state index is 12.8. The van der Waals surface area contributed by atoms with E-state index in [9.17, 15) is 26.4 Å². The first-order valence-electron chi connectivity index (χ1n) is 10.4. The van der Waals surface area contributed by atoms with Crippen molar-refractivity contribution in [3.8, 4) is 11.5 Å². The van der Waals surface area contributed by atoms with Crippen molar-refractivity contribution in [3.05, 3.63) is 54.1 Å². The number of halogens is 3. The Labute approximate surface area is 199 Å². The number of carboxylic acid groups (broad SMARTS) is 1. The zero-order valence-electron chi connectivity index (χ0n) is 18.6. The second-order valence-electron chi connectivity index (χ2n) is 7.81. The molecule has 0 bridgehead atoms. The van der Waals surface area contributed by atoms with Crippen molar-refractivity contribution in [1.29, 1.82) is 0 Å². The second-order valence-corrected chi connectivity index (χ2v) is 9.84. The van der Waals surface area contributed by atoms with Gasteiger partial charge in [0.25, 0.3) is 0 Å². The van der Waals surface area contributed by atoms with E-state index < -0.39 is 39.7 Å². The highest BCUT2D eigenvalue weighted by molar-refractivity contribution is 7.91. The number of hydroxylamine groups is 1. The van der Waals surface area contributed by atoms with Crippen molar-refractivity contribution in [2.45, 2.75) is 24.4 Å². The molecule has 1 aliphatic heterocycles. The lowest BCUT2D eigenvalue weighted by Gasteiger charge is -2.30. The van der Waals surface area contributed by atoms with Gasteiger partial charge in [0, 0.05) is 5.92 Å². The van der Waals surface area contributed by atoms with Gasteiger partial charge in [-0.1, -0.05) is 12.1 Å². The number of carbonyl (C=O) groups is 2. The van der Waals surface area contributed by atoms with E-state index >= 15 is 0 Å². The number of aliphatic carboxylic acids is 1. The minimum absolute atomic E-state index is 0.170. The lowest BCUT2D eigenvalue weighted by molar-refractivity contribution is -0.192. The van der Waals surface area contributed by atoms with Gasteiger partial charge in [0.05, 0.1) is 10.6 Å². The van der Waals surface area contributed by atoms with Crippen LogP contribution in [0.1, 0.15) is 12.0 Å². The molecule has 13 heteroatoms. The molecule has 2 aromatic carbocycles. The van der Waals surface area contributed by atoms with Gasteiger partial charge in [-0.3, -0.25) is 10.0 Å². The summed E-state index contributed by atoms with van der Waals surface area (Å²) >= 11 is 0. The number of alkyl halides is 3. The van der Waals surface area contributed by atoms with Crippen molar-refractivity contribution in [3.63, 3.8) is 0 Å². The summed E-state index contributed by atoms with van der Waals surface area (Å²) in [6.07, 6.45) is -4.60. The van der Waals surface area contributed by atoms with Crippen molar-refractivity contribution >= 4 is 21.7 Å². The molecule has 9 nitrogen and oxygen atoms in total. The lowest BCUT2D eigenvalue weighted by Crippen LogP contribution is -2.46. The molecule has 3 rings (SSSR count). The lowest BCUT2D eigenvalue weighted by atomic mass is 9.87. The maximum Gasteiger partial charge on any atom is 0.490 e. The Morgan fingerprint density at radius 2 is 1.77 bits per heavy atom. The number of sulfone groups is 1. The standard InChI is InChI=1S/C20H24N2O5S.C2HF3O2/c1-14-3-2-4-17(11-14)27-16-5-7-18(8-6-16)28(25,26)13-15-12-21-10-9-19(15)20(23)22-24;3-2(4,5)1(6)7/h2-8,11,15,19,21,24H,9-10,12-13H2,1H3,(H,22,23);(H,6,7)/t15-,19-;/m0./s1. The summed E-state index contributed by atoms with van der Waals surface area (Å²) in [6, 6.07) is 13.8. The number of amides is 1. The molecule has 0 saturated carbocycles. The second kappa shape index (κ2) is 12.0. The molecule has 0 aliphatic carbocycles. The largest absolute Gasteiger partial charge is 0.490 e. The van der Waals surface area contributed by atoms with Crippen LogP contribution in [0.25, 0.3) is 0 Å². The Hall–Kier alpha value is -3.16. The number of rotatable bonds is 6. The summed E-state index contributed by atoms with van der Waals surface area (Å²) in [5.74, 6) is -3.19. The van der Waals surface area contributed by atoms with Gasteiger partial charge in [0.15, 0.2) is 9.84 Å². The van der Waals surface area contributed by atoms with E-state index in [0.29, 0.717) is 31.0 Å². The molecule has 35 heavy (non-hydrogen) atoms. The monoisotopic (exact) mass is 518 g/mol. The fourth-order valence-corrected chi connectivity index (χ4v) is 5.09. The first-order valence-corrected chi connectivity index (χ1v) is 12.0. The van der Waals surface area contributed by atoms with Crippen LogP contribution in [-0.4, -0.2) is 55.6 Å². The van der Waals surface area contributed by atoms with E-state index in [-0.39, 0.29) is 10.6 Å². The van der Waals surface area contributed by atoms with Gasteiger partial charge < -0.3 is 15.2 Å². The number of benzene rings is 2. The molecule has 1 aliphatic rings. The van der Waals surface area contributed by atoms with E-state index in [1.54, 1.807) is 17.6 Å². The normalized spacial score (nSPS) is 18.1. The van der Waals surface area contributed by atoms with Crippen LogP contribution in [-0.2, 0) is 19.4 Å². The minimum Gasteiger partial charge on any atom is -0.475 e. The third-order valence-electron chi connectivity index (χ3n) is 5.14. The molecular weight excluding hydrogens is 493 g/mol. The topological polar surface area (TPSA) is 142 Å². The number of piperidine rings is 1. The molecule has 1 fully saturated rings. The fourth-order valence-electron chi connectivity index (χ4n) is 3.43. The predicted octanol–water partition coefficient (Wildman–Crippen LogP) is 2.93. The first-order chi connectivity index (χ1) is 16.3. The van der Waals surface area contributed by atoms with E-state index in [0.717, 1.165) is 5.56 Å². The highest BCUT2D eigenvalue weighted by atomic mass is 32.2. The average molecular weight is 519 g/mol. The number of ether oxygens (including phenoxy) is 1. The number of carbonyl (C=O) groups excluding carboxylic acids is 1. The molecule has 0 radical (unpaired) electrons. The van der Waals surface area contributed by atoms with E-state index in [1.165, 1.54) is 12.1 Å². The highest BCUT2D eigenvalue weighted by Crippen LogP contribution is 2.27. The Balaban J connectivity index is 0.000000540. The molecule has 0 unspecified atom stereocenters. The SMILES string of the molecule is Cc1cccc(Oc2ccc(S(=O)(=O)C[C@@H]3CNCC[C@@H]3C(=O)NO)cc2)c1.O=C(O)C(F)(F)F. The highest BCUT2D eigenvalue weighted by Gasteiger charge is 2.38. The zero-order chi connectivity index (χ0) is 26.2. The van der Waals surface area contributed by atoms with Gasteiger partial charge in [0.2, 0.25) is 5.91 Å². The third kappa shape index (κ3) is 8.53. The molecule has 2 atom stereocenters. The Morgan fingerprint density at radius 1 is 1.14 bits per heavy atom. The summed E-state index contributed by atoms with van der Waals surface area (Å²) in [7, 11) is -3.59. The summed E-state index contributed by atoms with van der Waals surface area (Å²) in [5, 5.41) is 19.1. The quantitative estimate of drug-likeness (QED) is 0.338. The Bertz CT molecular complexity index is 1120. The molecule has 2 aromatic rings. The smallest absolute Gasteiger partial charge is 0.475 e. The van der Waals surface area contributed by atoms with Crippen LogP contribution in [0.5, 0.6) is 11.5 Å². The van der Waals surface area contributed by atoms with Crippen molar-refractivity contribution in [1.82, 2.24) is 10.8 Å². The molecule has 0 spiro atoms. The number of hydrogen-bond acceptors (Lipinski definition) is 7. The molecule has 1 amide bonds. The summed E-state index contributed by atoms with van der Waals surface area (Å²) in [5.41, 5.74) is 2.72. The first kappa shape index (κ1) is 28.1. The summed E-state index contributed by atoms with van der Waals surface area (Å²) < 4.78 is 63.1. The van der Waals surface area contributed by atoms with E-state index in [4.69, 9.17) is 19.8 Å². The molecule has 0 aromatic heterocycles. The minimum atomic E-state index is -5.08. The summed E-state index contributed by atoms with van der Waals surface area (Å²) in [4.78, 5) is 20.9. The van der Waals surface area contributed by atoms with Gasteiger partial charge in [-0.25, -0.2) is 18.7 Å². The molecule has 4 N–H and O–H groups in total. The predicted molar refractivity (Wildman–Crippen MR) is 118 cm³/mol. The van der Waals surface area contributed by atoms with Crippen molar-refractivity contribution in [2.75, 3.05) is 18.8 Å². The summed E-state index contributed by atoms with van der Waals surface area (Å²) in [6.45, 7) is 2.98. The van der Waals surface area contributed by atoms with Crippen LogP contribution in [0.3, 0.4) is 0 Å². The number of aryl methyl sites for hydroxylation is 1. The Morgan fingerprint density at radius 3 is 2.31 bits per heavy atom. The Kier molecular flexibility index (Phi) is 9.63. The van der Waals surface area contributed by atoms with Gasteiger partial charge in [-0.15, -0.1) is 0 Å². The van der Waals surface area contributed by atoms with Gasteiger partial charge in [-0.05, 0) is 74.3 Å². The molecule has 1 heterocycles. The molecular formula is C22H25F3N2O7S. The van der Waals surface area contributed by atoms with Crippen LogP contribution < -0.4 is 15.5 Å². The fraction of sp³-hybridized carbons (Fsp3) is 0.364. The third-order valence-corrected chi connectivity index (χ3v) is 7.00. The van der Waals surface area contributed by atoms with E-state index in [1.807, 2.05) is 31.2 Å². The van der Waals surface area contributed by atoms with Crippen LogP contribution in [0.4, 0.5) is 13.2 Å². The number of hydrogen-bond donors (Lipinski definition) is 4. The molecule has 1 saturated heterocycles. The van der Waals surface area contributed by atoms with Crippen LogP contribution in [0.15, 0.2) is 53.4 Å². The van der Waals surface area contributed by atoms with Gasteiger partial charge in [-0.2, -0.15) is 13.2 Å². The van der Waals surface area contributed by atoms with Gasteiger partial charge >= 0.3 is 12.1 Å². The van der Waals surface area contributed by atoms with Gasteiger partial charge in [0.1, 0.15) is 11.5 Å². The zero-order valence-corrected chi connectivity index (χ0v) is 19.4. The van der Waals surface area contributed by atoms with Crippen molar-refractivity contribution < 1.29 is 46.2 Å². The van der Waals surface area contributed by atoms with Crippen LogP contribution in [0.2, 0.25) is 0 Å². The number of nitrogens with one attached hydrogen (secondary N) is 2. The number of carboxylic acids is 1. The molecule has 192 valence electrons. The van der Waals surface area contributed by atoms with Crippen LogP contribution in [0, 0.1) is 18.8 Å².